The van der Waals surface area contributed by atoms with Gasteiger partial charge in [-0.05, 0) is 13.3 Å². The van der Waals surface area contributed by atoms with Crippen LogP contribution in [0.5, 0.6) is 0 Å². The van der Waals surface area contributed by atoms with Crippen molar-refractivity contribution in [1.29, 1.82) is 0 Å². The third kappa shape index (κ3) is 1.75. The Kier molecular flexibility index (Phi) is 3.24. The maximum atomic E-state index is 10.6. The SMILES string of the molecule is CCCn1ncc(Cl)c1C1(O)CCOC1C. The van der Waals surface area contributed by atoms with E-state index in [1.54, 1.807) is 10.9 Å². The van der Waals surface area contributed by atoms with Crippen molar-refractivity contribution >= 4 is 11.6 Å². The smallest absolute Gasteiger partial charge is 0.135 e. The van der Waals surface area contributed by atoms with Crippen LogP contribution in [0.15, 0.2) is 6.20 Å². The van der Waals surface area contributed by atoms with Crippen LogP contribution >= 0.6 is 11.6 Å². The van der Waals surface area contributed by atoms with E-state index in [0.717, 1.165) is 13.0 Å². The van der Waals surface area contributed by atoms with E-state index in [4.69, 9.17) is 16.3 Å². The van der Waals surface area contributed by atoms with Crippen molar-refractivity contribution in [3.8, 4) is 0 Å². The molecule has 4 nitrogen and oxygen atoms in total. The molecular formula is C11H17ClN2O2. The molecule has 2 unspecified atom stereocenters. The minimum atomic E-state index is -0.997. The first-order chi connectivity index (χ1) is 7.59. The standard InChI is InChI=1S/C11H17ClN2O2/c1-3-5-14-10(9(12)7-13-14)11(15)4-6-16-8(11)2/h7-8,15H,3-6H2,1-2H3. The van der Waals surface area contributed by atoms with E-state index < -0.39 is 5.60 Å². The summed E-state index contributed by atoms with van der Waals surface area (Å²) in [4.78, 5) is 0. The zero-order valence-corrected chi connectivity index (χ0v) is 10.4. The maximum absolute atomic E-state index is 10.6. The van der Waals surface area contributed by atoms with E-state index in [1.165, 1.54) is 0 Å². The van der Waals surface area contributed by atoms with Crippen molar-refractivity contribution in [3.63, 3.8) is 0 Å². The van der Waals surface area contributed by atoms with Crippen LogP contribution in [0.25, 0.3) is 0 Å². The highest BCUT2D eigenvalue weighted by molar-refractivity contribution is 6.31. The third-order valence-electron chi connectivity index (χ3n) is 3.16. The Morgan fingerprint density at radius 2 is 2.50 bits per heavy atom. The third-order valence-corrected chi connectivity index (χ3v) is 3.44. The normalized spacial score (nSPS) is 29.9. The number of halogens is 1. The molecule has 0 aromatic carbocycles. The predicted molar refractivity (Wildman–Crippen MR) is 61.5 cm³/mol. The second kappa shape index (κ2) is 4.35. The molecule has 0 spiro atoms. The molecule has 1 aromatic heterocycles. The van der Waals surface area contributed by atoms with Crippen molar-refractivity contribution in [3.05, 3.63) is 16.9 Å². The lowest BCUT2D eigenvalue weighted by Crippen LogP contribution is -2.36. The lowest BCUT2D eigenvalue weighted by Gasteiger charge is -2.27. The summed E-state index contributed by atoms with van der Waals surface area (Å²) in [6.45, 7) is 5.26. The van der Waals surface area contributed by atoms with Crippen LogP contribution in [0.2, 0.25) is 5.02 Å². The van der Waals surface area contributed by atoms with E-state index in [2.05, 4.69) is 12.0 Å². The van der Waals surface area contributed by atoms with Crippen LogP contribution in [0.1, 0.15) is 32.4 Å². The Morgan fingerprint density at radius 3 is 3.06 bits per heavy atom. The van der Waals surface area contributed by atoms with Gasteiger partial charge in [-0.2, -0.15) is 5.10 Å². The molecule has 90 valence electrons. The molecule has 16 heavy (non-hydrogen) atoms. The molecule has 1 fully saturated rings. The Hall–Kier alpha value is -0.580. The molecule has 1 aliphatic rings. The highest BCUT2D eigenvalue weighted by Gasteiger charge is 2.45. The average molecular weight is 245 g/mol. The molecule has 1 N–H and O–H groups in total. The van der Waals surface area contributed by atoms with Gasteiger partial charge in [0.1, 0.15) is 5.60 Å². The molecule has 0 radical (unpaired) electrons. The topological polar surface area (TPSA) is 47.3 Å². The largest absolute Gasteiger partial charge is 0.381 e. The van der Waals surface area contributed by atoms with Gasteiger partial charge in [0.05, 0.1) is 29.6 Å². The van der Waals surface area contributed by atoms with Crippen molar-refractivity contribution < 1.29 is 9.84 Å². The highest BCUT2D eigenvalue weighted by Crippen LogP contribution is 2.39. The van der Waals surface area contributed by atoms with Gasteiger partial charge < -0.3 is 9.84 Å². The second-order valence-electron chi connectivity index (χ2n) is 4.25. The van der Waals surface area contributed by atoms with Gasteiger partial charge in [-0.3, -0.25) is 4.68 Å². The molecular weight excluding hydrogens is 228 g/mol. The zero-order valence-electron chi connectivity index (χ0n) is 9.61. The summed E-state index contributed by atoms with van der Waals surface area (Å²) in [7, 11) is 0. The molecule has 5 heteroatoms. The quantitative estimate of drug-likeness (QED) is 0.884. The van der Waals surface area contributed by atoms with E-state index >= 15 is 0 Å². The van der Waals surface area contributed by atoms with Gasteiger partial charge >= 0.3 is 0 Å². The molecule has 1 aromatic rings. The monoisotopic (exact) mass is 244 g/mol. The summed E-state index contributed by atoms with van der Waals surface area (Å²) >= 11 is 6.12. The molecule has 2 atom stereocenters. The molecule has 2 rings (SSSR count). The first kappa shape index (κ1) is 11.9. The molecule has 0 aliphatic carbocycles. The first-order valence-corrected chi connectivity index (χ1v) is 6.03. The van der Waals surface area contributed by atoms with Gasteiger partial charge in [0.2, 0.25) is 0 Å². The fraction of sp³-hybridized carbons (Fsp3) is 0.727. The van der Waals surface area contributed by atoms with Gasteiger partial charge in [0.15, 0.2) is 0 Å². The number of ether oxygens (including phenoxy) is 1. The van der Waals surface area contributed by atoms with Crippen LogP contribution in [-0.4, -0.2) is 27.6 Å². The minimum Gasteiger partial charge on any atom is -0.381 e. The first-order valence-electron chi connectivity index (χ1n) is 5.65. The van der Waals surface area contributed by atoms with Crippen molar-refractivity contribution in [1.82, 2.24) is 9.78 Å². The van der Waals surface area contributed by atoms with E-state index in [1.807, 2.05) is 6.92 Å². The predicted octanol–water partition coefficient (Wildman–Crippen LogP) is 1.94. The van der Waals surface area contributed by atoms with E-state index in [0.29, 0.717) is 23.7 Å². The summed E-state index contributed by atoms with van der Waals surface area (Å²) in [5.41, 5.74) is -0.302. The summed E-state index contributed by atoms with van der Waals surface area (Å²) in [5.74, 6) is 0. The number of nitrogens with zero attached hydrogens (tertiary/aromatic N) is 2. The van der Waals surface area contributed by atoms with E-state index in [9.17, 15) is 5.11 Å². The lowest BCUT2D eigenvalue weighted by atomic mass is 9.92. The number of hydrogen-bond acceptors (Lipinski definition) is 3. The average Bonchev–Trinajstić information content (AvgIpc) is 2.74. The second-order valence-corrected chi connectivity index (χ2v) is 4.66. The van der Waals surface area contributed by atoms with Crippen molar-refractivity contribution in [2.75, 3.05) is 6.61 Å². The zero-order chi connectivity index (χ0) is 11.8. The van der Waals surface area contributed by atoms with Gasteiger partial charge in [-0.15, -0.1) is 0 Å². The number of aryl methyl sites for hydroxylation is 1. The Balaban J connectivity index is 2.41. The number of aromatic nitrogens is 2. The van der Waals surface area contributed by atoms with Crippen LogP contribution in [0.3, 0.4) is 0 Å². The van der Waals surface area contributed by atoms with Crippen LogP contribution in [0, 0.1) is 0 Å². The number of rotatable bonds is 3. The summed E-state index contributed by atoms with van der Waals surface area (Å²) < 4.78 is 7.22. The van der Waals surface area contributed by atoms with Crippen molar-refractivity contribution in [2.45, 2.75) is 44.9 Å². The minimum absolute atomic E-state index is 0.239. The van der Waals surface area contributed by atoms with Crippen LogP contribution < -0.4 is 0 Å². The fourth-order valence-electron chi connectivity index (χ4n) is 2.22. The fourth-order valence-corrected chi connectivity index (χ4v) is 2.52. The Bertz CT molecular complexity index is 380. The molecule has 0 saturated carbocycles. The maximum Gasteiger partial charge on any atom is 0.135 e. The Morgan fingerprint density at radius 1 is 1.75 bits per heavy atom. The van der Waals surface area contributed by atoms with Gasteiger partial charge in [-0.1, -0.05) is 18.5 Å². The van der Waals surface area contributed by atoms with E-state index in [-0.39, 0.29) is 6.10 Å². The van der Waals surface area contributed by atoms with Gasteiger partial charge in [-0.25, -0.2) is 0 Å². The summed E-state index contributed by atoms with van der Waals surface area (Å²) in [5, 5.41) is 15.4. The summed E-state index contributed by atoms with van der Waals surface area (Å²) in [6, 6.07) is 0. The Labute approximate surface area is 100 Å². The van der Waals surface area contributed by atoms with Crippen LogP contribution in [-0.2, 0) is 16.9 Å². The molecule has 1 aliphatic heterocycles. The molecule has 2 heterocycles. The highest BCUT2D eigenvalue weighted by atomic mass is 35.5. The molecule has 1 saturated heterocycles. The lowest BCUT2D eigenvalue weighted by molar-refractivity contribution is -0.0377. The number of hydrogen-bond donors (Lipinski definition) is 1. The van der Waals surface area contributed by atoms with Crippen molar-refractivity contribution in [2.24, 2.45) is 0 Å². The number of aliphatic hydroxyl groups is 1. The van der Waals surface area contributed by atoms with Gasteiger partial charge in [0.25, 0.3) is 0 Å². The van der Waals surface area contributed by atoms with Gasteiger partial charge in [0, 0.05) is 13.0 Å². The summed E-state index contributed by atoms with van der Waals surface area (Å²) in [6.07, 6.45) is 2.88. The molecule has 0 amide bonds. The molecule has 0 bridgehead atoms. The van der Waals surface area contributed by atoms with Crippen LogP contribution in [0.4, 0.5) is 0 Å².